The van der Waals surface area contributed by atoms with Crippen LogP contribution in [0.5, 0.6) is 0 Å². The molecule has 0 amide bonds. The quantitative estimate of drug-likeness (QED) is 0.236. The van der Waals surface area contributed by atoms with E-state index in [1.807, 2.05) is 0 Å². The summed E-state index contributed by atoms with van der Waals surface area (Å²) in [5, 5.41) is 10.4. The number of alkyl halides is 2. The summed E-state index contributed by atoms with van der Waals surface area (Å²) < 4.78 is 80.0. The molecule has 3 rings (SSSR count). The highest BCUT2D eigenvalue weighted by molar-refractivity contribution is 7.66. The number of aromatic amines is 1. The fourth-order valence-corrected chi connectivity index (χ4v) is 6.29. The highest BCUT2D eigenvalue weighted by Gasteiger charge is 2.96. The van der Waals surface area contributed by atoms with Gasteiger partial charge in [0.2, 0.25) is 0 Å². The van der Waals surface area contributed by atoms with Gasteiger partial charge in [0.1, 0.15) is 0 Å². The van der Waals surface area contributed by atoms with Crippen molar-refractivity contribution < 1.29 is 65.0 Å². The molecule has 0 spiro atoms. The van der Waals surface area contributed by atoms with Gasteiger partial charge in [-0.25, -0.2) is 27.3 Å². The van der Waals surface area contributed by atoms with Crippen LogP contribution in [0.1, 0.15) is 13.2 Å². The van der Waals surface area contributed by atoms with Gasteiger partial charge in [-0.3, -0.25) is 18.9 Å². The Morgan fingerprint density at radius 2 is 1.71 bits per heavy atom. The Balaban J connectivity index is 1.84. The Hall–Kier alpha value is -1.13. The fraction of sp³-hybridized carbons (Fsp3) is 0.600. The van der Waals surface area contributed by atoms with E-state index in [0.717, 1.165) is 12.3 Å². The van der Waals surface area contributed by atoms with E-state index < -0.39 is 64.2 Å². The van der Waals surface area contributed by atoms with Gasteiger partial charge in [0.05, 0.1) is 0 Å². The highest BCUT2D eigenvalue weighted by atomic mass is 31.3. The average molecular weight is 516 g/mol. The summed E-state index contributed by atoms with van der Waals surface area (Å²) in [7, 11) is -17.6. The van der Waals surface area contributed by atoms with Gasteiger partial charge in [-0.05, 0) is 6.92 Å². The Kier molecular flexibility index (Phi) is 5.48. The molecule has 1 aliphatic heterocycles. The predicted molar refractivity (Wildman–Crippen MR) is 88.5 cm³/mol. The number of fused-ring (bicyclic) bond motifs is 1. The Morgan fingerprint density at radius 3 is 2.16 bits per heavy atom. The van der Waals surface area contributed by atoms with Crippen molar-refractivity contribution in [3.63, 3.8) is 0 Å². The molecule has 6 N–H and O–H groups in total. The van der Waals surface area contributed by atoms with Crippen LogP contribution in [-0.4, -0.2) is 57.5 Å². The standard InChI is InChI=1S/C10H13F2N2O14P3/c1-8(11)6(14-3-2-4(15)13-7(14)16)25-10(12)5(9(8,10)17)26-30(21,22)28-31(23,24)27-29(18,19)20/h2-3,5-6,17H,1H3,(H,21,22)(H,23,24)(H,13,15,16)(H2,18,19,20)/t5?,6-,8+,9+,10-/m1/s1. The van der Waals surface area contributed by atoms with Crippen molar-refractivity contribution in [1.82, 2.24) is 9.55 Å². The zero-order valence-corrected chi connectivity index (χ0v) is 17.4. The minimum absolute atomic E-state index is 0.370. The molecule has 1 aliphatic carbocycles. The normalized spacial score (nSPS) is 38.8. The number of phosphoric acid groups is 3. The van der Waals surface area contributed by atoms with E-state index >= 15 is 8.78 Å². The molecule has 1 saturated carbocycles. The molecule has 31 heavy (non-hydrogen) atoms. The SMILES string of the molecule is C[C@]1(F)[C@H](n2ccc(=O)[nH]c2=O)O[C@]2(F)C(OP(=O)(O)OP(=O)(O)OP(=O)(O)O)[C@]12O. The van der Waals surface area contributed by atoms with Crippen LogP contribution in [0, 0.1) is 0 Å². The smallest absolute Gasteiger partial charge is 0.378 e. The van der Waals surface area contributed by atoms with Crippen molar-refractivity contribution in [2.75, 3.05) is 0 Å². The minimum Gasteiger partial charge on any atom is -0.378 e. The van der Waals surface area contributed by atoms with Gasteiger partial charge in [-0.1, -0.05) is 0 Å². The number of phosphoric ester groups is 1. The van der Waals surface area contributed by atoms with Crippen molar-refractivity contribution in [3.05, 3.63) is 33.1 Å². The van der Waals surface area contributed by atoms with E-state index in [1.54, 1.807) is 4.98 Å². The van der Waals surface area contributed by atoms with Gasteiger partial charge in [-0.15, -0.1) is 0 Å². The number of nitrogens with zero attached hydrogens (tertiary/aromatic N) is 1. The molecule has 0 radical (unpaired) electrons. The maximum Gasteiger partial charge on any atom is 0.490 e. The third kappa shape index (κ3) is 4.04. The molecule has 0 bridgehead atoms. The fourth-order valence-electron chi connectivity index (χ4n) is 3.08. The zero-order chi connectivity index (χ0) is 23.8. The van der Waals surface area contributed by atoms with Crippen molar-refractivity contribution in [3.8, 4) is 0 Å². The van der Waals surface area contributed by atoms with Gasteiger partial charge >= 0.3 is 29.2 Å². The lowest BCUT2D eigenvalue weighted by Gasteiger charge is -2.30. The first-order chi connectivity index (χ1) is 13.8. The molecule has 1 aromatic heterocycles. The number of rotatable bonds is 7. The number of aromatic nitrogens is 2. The molecule has 3 unspecified atom stereocenters. The number of halogens is 2. The molecule has 176 valence electrons. The van der Waals surface area contributed by atoms with Crippen molar-refractivity contribution in [2.24, 2.45) is 0 Å². The molecule has 21 heteroatoms. The third-order valence-corrected chi connectivity index (χ3v) is 8.21. The predicted octanol–water partition coefficient (Wildman–Crippen LogP) is -1.08. The molecule has 1 aromatic rings. The maximum atomic E-state index is 15.3. The van der Waals surface area contributed by atoms with Gasteiger partial charge in [0, 0.05) is 12.3 Å². The highest BCUT2D eigenvalue weighted by Crippen LogP contribution is 2.75. The summed E-state index contributed by atoms with van der Waals surface area (Å²) in [5.74, 6) is -3.60. The van der Waals surface area contributed by atoms with Gasteiger partial charge < -0.3 is 29.4 Å². The molecule has 2 heterocycles. The largest absolute Gasteiger partial charge is 0.490 e. The van der Waals surface area contributed by atoms with Crippen LogP contribution in [0.2, 0.25) is 0 Å². The average Bonchev–Trinajstić information content (AvgIpc) is 2.91. The monoisotopic (exact) mass is 516 g/mol. The third-order valence-electron chi connectivity index (χ3n) is 4.40. The van der Waals surface area contributed by atoms with E-state index in [-0.39, 0.29) is 0 Å². The van der Waals surface area contributed by atoms with E-state index in [1.165, 1.54) is 0 Å². The van der Waals surface area contributed by atoms with E-state index in [4.69, 9.17) is 14.7 Å². The first-order valence-electron chi connectivity index (χ1n) is 7.67. The Morgan fingerprint density at radius 1 is 1.13 bits per heavy atom. The lowest BCUT2D eigenvalue weighted by Crippen LogP contribution is -2.48. The summed E-state index contributed by atoms with van der Waals surface area (Å²) >= 11 is 0. The molecule has 2 fully saturated rings. The second-order valence-corrected chi connectivity index (χ2v) is 10.9. The number of nitrogens with one attached hydrogen (secondary N) is 1. The molecule has 0 aromatic carbocycles. The van der Waals surface area contributed by atoms with Crippen LogP contribution in [0.25, 0.3) is 0 Å². The number of hydrogen-bond donors (Lipinski definition) is 6. The Labute approximate surface area is 168 Å². The molecule has 1 saturated heterocycles. The van der Waals surface area contributed by atoms with E-state index in [2.05, 4.69) is 17.9 Å². The first-order valence-corrected chi connectivity index (χ1v) is 12.2. The molecule has 16 nitrogen and oxygen atoms in total. The van der Waals surface area contributed by atoms with Crippen molar-refractivity contribution >= 4 is 23.5 Å². The summed E-state index contributed by atoms with van der Waals surface area (Å²) in [4.78, 5) is 60.1. The lowest BCUT2D eigenvalue weighted by molar-refractivity contribution is -0.160. The van der Waals surface area contributed by atoms with Crippen molar-refractivity contribution in [1.29, 1.82) is 0 Å². The van der Waals surface area contributed by atoms with Crippen LogP contribution >= 0.6 is 23.5 Å². The first kappa shape index (κ1) is 24.5. The van der Waals surface area contributed by atoms with Gasteiger partial charge in [0.25, 0.3) is 11.4 Å². The van der Waals surface area contributed by atoms with Gasteiger partial charge in [-0.2, -0.15) is 8.62 Å². The number of H-pyrrole nitrogens is 1. The minimum atomic E-state index is -5.96. The van der Waals surface area contributed by atoms with Crippen LogP contribution in [0.4, 0.5) is 8.78 Å². The zero-order valence-electron chi connectivity index (χ0n) is 14.8. The molecule has 7 atom stereocenters. The topological polar surface area (TPSA) is 244 Å². The summed E-state index contributed by atoms with van der Waals surface area (Å²) in [6.45, 7) is 0.525. The van der Waals surface area contributed by atoms with Gasteiger partial charge in [0.15, 0.2) is 23.6 Å². The molecular weight excluding hydrogens is 503 g/mol. The second-order valence-electron chi connectivity index (χ2n) is 6.55. The van der Waals surface area contributed by atoms with Crippen LogP contribution in [-0.2, 0) is 31.6 Å². The second kappa shape index (κ2) is 6.93. The van der Waals surface area contributed by atoms with Crippen LogP contribution < -0.4 is 11.2 Å². The van der Waals surface area contributed by atoms with Crippen LogP contribution in [0.3, 0.4) is 0 Å². The van der Waals surface area contributed by atoms with E-state index in [9.17, 15) is 33.3 Å². The number of aliphatic hydroxyl groups is 1. The van der Waals surface area contributed by atoms with Crippen molar-refractivity contribution in [2.45, 2.75) is 36.4 Å². The Bertz CT molecular complexity index is 1180. The number of ether oxygens (including phenoxy) is 1. The summed E-state index contributed by atoms with van der Waals surface area (Å²) in [6.07, 6.45) is -4.15. The molecular formula is C10H13F2N2O14P3. The van der Waals surface area contributed by atoms with E-state index in [0.29, 0.717) is 11.5 Å². The maximum absolute atomic E-state index is 15.3. The summed E-state index contributed by atoms with van der Waals surface area (Å²) in [6, 6.07) is 0.753. The molecule has 2 aliphatic rings. The number of hydrogen-bond acceptors (Lipinski definition) is 10. The van der Waals surface area contributed by atoms with Crippen LogP contribution in [0.15, 0.2) is 21.9 Å². The summed E-state index contributed by atoms with van der Waals surface area (Å²) in [5.41, 5.74) is -8.77. The lowest BCUT2D eigenvalue weighted by atomic mass is 9.97.